The van der Waals surface area contributed by atoms with E-state index in [-0.39, 0.29) is 10.8 Å². The van der Waals surface area contributed by atoms with Crippen LogP contribution in [0.4, 0.5) is 11.4 Å². The van der Waals surface area contributed by atoms with Crippen molar-refractivity contribution in [3.63, 3.8) is 0 Å². The van der Waals surface area contributed by atoms with Crippen molar-refractivity contribution in [1.82, 2.24) is 0 Å². The third-order valence-corrected chi connectivity index (χ3v) is 6.83. The molecule has 7 heteroatoms. The largest absolute Gasteiger partial charge is 0.492 e. The number of ether oxygens (including phenoxy) is 1. The Hall–Kier alpha value is -3.06. The first-order valence-corrected chi connectivity index (χ1v) is 10.4. The van der Waals surface area contributed by atoms with E-state index in [1.165, 1.54) is 17.4 Å². The lowest BCUT2D eigenvalue weighted by molar-refractivity contribution is 0.0999. The first-order chi connectivity index (χ1) is 13.4. The molecule has 1 heterocycles. The summed E-state index contributed by atoms with van der Waals surface area (Å²) >= 11 is 0. The van der Waals surface area contributed by atoms with Crippen LogP contribution >= 0.6 is 0 Å². The number of nitrogens with zero attached hydrogens (tertiary/aromatic N) is 2. The van der Waals surface area contributed by atoms with E-state index in [0.29, 0.717) is 29.0 Å². The van der Waals surface area contributed by atoms with E-state index in [9.17, 15) is 13.2 Å². The van der Waals surface area contributed by atoms with Crippen LogP contribution in [0, 0.1) is 0 Å². The summed E-state index contributed by atoms with van der Waals surface area (Å²) < 4.78 is 33.5. The molecule has 0 spiro atoms. The molecule has 0 bridgehead atoms. The number of carbonyl (C=O) groups excluding carboxylic acids is 1. The van der Waals surface area contributed by atoms with E-state index in [1.54, 1.807) is 54.4 Å². The molecule has 0 saturated carbocycles. The van der Waals surface area contributed by atoms with Gasteiger partial charge in [-0.05, 0) is 37.3 Å². The van der Waals surface area contributed by atoms with Crippen LogP contribution < -0.4 is 13.9 Å². The number of hydrogen-bond donors (Lipinski definition) is 0. The van der Waals surface area contributed by atoms with Gasteiger partial charge >= 0.3 is 0 Å². The zero-order valence-electron chi connectivity index (χ0n) is 15.8. The number of para-hydroxylation sites is 1. The summed E-state index contributed by atoms with van der Waals surface area (Å²) in [5.74, 6) is 0.225. The van der Waals surface area contributed by atoms with Crippen LogP contribution in [0.2, 0.25) is 0 Å². The lowest BCUT2D eigenvalue weighted by Gasteiger charge is -2.23. The summed E-state index contributed by atoms with van der Waals surface area (Å²) in [6, 6.07) is 15.5. The van der Waals surface area contributed by atoms with Gasteiger partial charge in [0, 0.05) is 30.4 Å². The molecule has 0 unspecified atom stereocenters. The number of hydrogen-bond acceptors (Lipinski definition) is 4. The van der Waals surface area contributed by atoms with E-state index in [0.717, 1.165) is 11.1 Å². The van der Waals surface area contributed by atoms with Crippen LogP contribution in [-0.4, -0.2) is 35.0 Å². The van der Waals surface area contributed by atoms with Crippen molar-refractivity contribution in [3.8, 4) is 5.75 Å². The Morgan fingerprint density at radius 1 is 1.04 bits per heavy atom. The maximum atomic E-state index is 13.4. The molecule has 1 aliphatic heterocycles. The van der Waals surface area contributed by atoms with Crippen molar-refractivity contribution in [2.24, 2.45) is 0 Å². The van der Waals surface area contributed by atoms with Gasteiger partial charge in [0.15, 0.2) is 0 Å². The van der Waals surface area contributed by atoms with Crippen LogP contribution in [0.25, 0.3) is 10.8 Å². The first-order valence-electron chi connectivity index (χ1n) is 8.92. The number of benzene rings is 3. The highest BCUT2D eigenvalue weighted by molar-refractivity contribution is 7.93. The molecule has 0 aliphatic carbocycles. The Kier molecular flexibility index (Phi) is 4.27. The lowest BCUT2D eigenvalue weighted by Crippen LogP contribution is -2.27. The Balaban J connectivity index is 1.90. The van der Waals surface area contributed by atoms with Gasteiger partial charge in [-0.1, -0.05) is 24.3 Å². The van der Waals surface area contributed by atoms with Crippen LogP contribution in [0.5, 0.6) is 5.75 Å². The van der Waals surface area contributed by atoms with E-state index < -0.39 is 10.0 Å². The molecule has 0 radical (unpaired) electrons. The van der Waals surface area contributed by atoms with E-state index in [1.807, 2.05) is 13.0 Å². The molecule has 6 nitrogen and oxygen atoms in total. The minimum absolute atomic E-state index is 0.0926. The van der Waals surface area contributed by atoms with Crippen molar-refractivity contribution in [3.05, 3.63) is 60.2 Å². The molecule has 0 fully saturated rings. The standard InChI is InChI=1S/C21H20N2O4S/c1-4-27-18-10-5-6-11-19(18)28(25,26)23(3)16-12-13-17-20-14(16)8-7-9-15(20)21(24)22(17)2/h5-13H,4H2,1-3H3. The summed E-state index contributed by atoms with van der Waals surface area (Å²) in [6.07, 6.45) is 0. The average Bonchev–Trinajstić information content (AvgIpc) is 2.95. The number of rotatable bonds is 5. The van der Waals surface area contributed by atoms with Gasteiger partial charge in [0.05, 0.1) is 18.0 Å². The van der Waals surface area contributed by atoms with Crippen LogP contribution in [0.3, 0.4) is 0 Å². The molecule has 3 aromatic carbocycles. The third kappa shape index (κ3) is 2.54. The van der Waals surface area contributed by atoms with Gasteiger partial charge in [0.2, 0.25) is 0 Å². The van der Waals surface area contributed by atoms with Crippen LogP contribution in [0.1, 0.15) is 17.3 Å². The fraction of sp³-hybridized carbons (Fsp3) is 0.190. The predicted octanol–water partition coefficient (Wildman–Crippen LogP) is 3.65. The first kappa shape index (κ1) is 18.3. The molecule has 28 heavy (non-hydrogen) atoms. The van der Waals surface area contributed by atoms with Crippen molar-refractivity contribution < 1.29 is 17.9 Å². The molecule has 4 rings (SSSR count). The van der Waals surface area contributed by atoms with E-state index in [4.69, 9.17) is 4.74 Å². The number of amides is 1. The highest BCUT2D eigenvalue weighted by Crippen LogP contribution is 2.42. The average molecular weight is 396 g/mol. The summed E-state index contributed by atoms with van der Waals surface area (Å²) in [6.45, 7) is 2.18. The lowest BCUT2D eigenvalue weighted by atomic mass is 10.0. The minimum Gasteiger partial charge on any atom is -0.492 e. The predicted molar refractivity (Wildman–Crippen MR) is 110 cm³/mol. The molecular formula is C21H20N2O4S. The Bertz CT molecular complexity index is 1200. The topological polar surface area (TPSA) is 66.9 Å². The SMILES string of the molecule is CCOc1ccccc1S(=O)(=O)N(C)c1ccc2c3c(cccc13)C(=O)N2C. The molecule has 144 valence electrons. The Labute approximate surface area is 164 Å². The van der Waals surface area contributed by atoms with Crippen molar-refractivity contribution >= 4 is 38.1 Å². The van der Waals surface area contributed by atoms with Gasteiger partial charge in [-0.15, -0.1) is 0 Å². The minimum atomic E-state index is -3.86. The molecule has 1 amide bonds. The van der Waals surface area contributed by atoms with Crippen LogP contribution in [0.15, 0.2) is 59.5 Å². The number of carbonyl (C=O) groups is 1. The molecular weight excluding hydrogens is 376 g/mol. The fourth-order valence-electron chi connectivity index (χ4n) is 3.61. The summed E-state index contributed by atoms with van der Waals surface area (Å²) in [4.78, 5) is 14.2. The Morgan fingerprint density at radius 3 is 2.54 bits per heavy atom. The molecule has 0 atom stereocenters. The fourth-order valence-corrected chi connectivity index (χ4v) is 4.96. The number of anilines is 2. The highest BCUT2D eigenvalue weighted by atomic mass is 32.2. The second-order valence-electron chi connectivity index (χ2n) is 6.55. The summed E-state index contributed by atoms with van der Waals surface area (Å²) in [5.41, 5.74) is 1.87. The van der Waals surface area contributed by atoms with Crippen molar-refractivity contribution in [2.45, 2.75) is 11.8 Å². The molecule has 0 N–H and O–H groups in total. The smallest absolute Gasteiger partial charge is 0.267 e. The van der Waals surface area contributed by atoms with Gasteiger partial charge < -0.3 is 9.64 Å². The summed E-state index contributed by atoms with van der Waals surface area (Å²) in [5, 5.41) is 1.49. The number of sulfonamides is 1. The normalized spacial score (nSPS) is 13.2. The summed E-state index contributed by atoms with van der Waals surface area (Å²) in [7, 11) is -0.625. The zero-order chi connectivity index (χ0) is 20.1. The Morgan fingerprint density at radius 2 is 1.79 bits per heavy atom. The van der Waals surface area contributed by atoms with Gasteiger partial charge in [-0.3, -0.25) is 9.10 Å². The van der Waals surface area contributed by atoms with Crippen LogP contribution in [-0.2, 0) is 10.0 Å². The van der Waals surface area contributed by atoms with Gasteiger partial charge in [-0.2, -0.15) is 0 Å². The monoisotopic (exact) mass is 396 g/mol. The quantitative estimate of drug-likeness (QED) is 0.660. The van der Waals surface area contributed by atoms with Crippen molar-refractivity contribution in [1.29, 1.82) is 0 Å². The highest BCUT2D eigenvalue weighted by Gasteiger charge is 2.31. The third-order valence-electron chi connectivity index (χ3n) is 5.02. The van der Waals surface area contributed by atoms with E-state index in [2.05, 4.69) is 0 Å². The van der Waals surface area contributed by atoms with Gasteiger partial charge in [0.25, 0.3) is 15.9 Å². The molecule has 1 aliphatic rings. The zero-order valence-corrected chi connectivity index (χ0v) is 16.7. The second-order valence-corrected chi connectivity index (χ2v) is 8.49. The maximum absolute atomic E-state index is 13.4. The van der Waals surface area contributed by atoms with E-state index >= 15 is 0 Å². The second kappa shape index (κ2) is 6.53. The molecule has 0 aromatic heterocycles. The van der Waals surface area contributed by atoms with Crippen molar-refractivity contribution in [2.75, 3.05) is 29.9 Å². The molecule has 3 aromatic rings. The molecule has 0 saturated heterocycles. The van der Waals surface area contributed by atoms with Gasteiger partial charge in [0.1, 0.15) is 10.6 Å². The maximum Gasteiger partial charge on any atom is 0.267 e. The van der Waals surface area contributed by atoms with Gasteiger partial charge in [-0.25, -0.2) is 8.42 Å².